The zero-order chi connectivity index (χ0) is 14.0. The highest BCUT2D eigenvalue weighted by Crippen LogP contribution is 2.23. The number of amides is 1. The number of hydrogen-bond acceptors (Lipinski definition) is 3. The van der Waals surface area contributed by atoms with Gasteiger partial charge in [-0.15, -0.1) is 0 Å². The van der Waals surface area contributed by atoms with Crippen molar-refractivity contribution in [2.24, 2.45) is 11.8 Å². The molecule has 2 unspecified atom stereocenters. The van der Waals surface area contributed by atoms with Gasteiger partial charge in [-0.25, -0.2) is 0 Å². The van der Waals surface area contributed by atoms with Crippen molar-refractivity contribution >= 4 is 11.9 Å². The van der Waals surface area contributed by atoms with Crippen molar-refractivity contribution in [3.05, 3.63) is 18.0 Å². The molecule has 0 radical (unpaired) electrons. The molecule has 0 bridgehead atoms. The summed E-state index contributed by atoms with van der Waals surface area (Å²) >= 11 is 0. The summed E-state index contributed by atoms with van der Waals surface area (Å²) in [6, 6.07) is 0. The topological polar surface area (TPSA) is 75.4 Å². The van der Waals surface area contributed by atoms with Gasteiger partial charge in [0.2, 0.25) is 0 Å². The number of carbonyl (C=O) groups is 2. The summed E-state index contributed by atoms with van der Waals surface area (Å²) < 4.78 is 1.69. The predicted octanol–water partition coefficient (Wildman–Crippen LogP) is 1.09. The number of piperidine rings is 1. The summed E-state index contributed by atoms with van der Waals surface area (Å²) in [6.07, 6.45) is 3.88. The lowest BCUT2D eigenvalue weighted by Crippen LogP contribution is -2.45. The monoisotopic (exact) mass is 265 g/mol. The first-order chi connectivity index (χ1) is 9.01. The SMILES string of the molecule is CCn1cc(C(=O)N2CC(C)CC(C(=O)O)C2)cn1. The van der Waals surface area contributed by atoms with Crippen molar-refractivity contribution in [2.75, 3.05) is 13.1 Å². The van der Waals surface area contributed by atoms with Gasteiger partial charge in [-0.3, -0.25) is 14.3 Å². The van der Waals surface area contributed by atoms with Gasteiger partial charge in [-0.1, -0.05) is 6.92 Å². The van der Waals surface area contributed by atoms with Gasteiger partial charge in [0.1, 0.15) is 0 Å². The molecule has 0 aliphatic carbocycles. The minimum absolute atomic E-state index is 0.127. The van der Waals surface area contributed by atoms with E-state index < -0.39 is 11.9 Å². The fourth-order valence-corrected chi connectivity index (χ4v) is 2.53. The van der Waals surface area contributed by atoms with E-state index in [1.807, 2.05) is 13.8 Å². The van der Waals surface area contributed by atoms with Gasteiger partial charge in [0.25, 0.3) is 5.91 Å². The summed E-state index contributed by atoms with van der Waals surface area (Å²) in [5, 5.41) is 13.2. The quantitative estimate of drug-likeness (QED) is 0.887. The van der Waals surface area contributed by atoms with Gasteiger partial charge < -0.3 is 10.0 Å². The predicted molar refractivity (Wildman–Crippen MR) is 68.7 cm³/mol. The molecule has 2 heterocycles. The minimum atomic E-state index is -0.825. The van der Waals surface area contributed by atoms with Crippen LogP contribution in [0.2, 0.25) is 0 Å². The van der Waals surface area contributed by atoms with Crippen LogP contribution in [-0.2, 0) is 11.3 Å². The molecule has 1 aliphatic heterocycles. The fourth-order valence-electron chi connectivity index (χ4n) is 2.53. The number of nitrogens with zero attached hydrogens (tertiary/aromatic N) is 3. The Kier molecular flexibility index (Phi) is 3.87. The van der Waals surface area contributed by atoms with Crippen LogP contribution in [0.3, 0.4) is 0 Å². The molecular formula is C13H19N3O3. The zero-order valence-electron chi connectivity index (χ0n) is 11.2. The molecule has 1 fully saturated rings. The third-order valence-corrected chi connectivity index (χ3v) is 3.50. The fraction of sp³-hybridized carbons (Fsp3) is 0.615. The van der Waals surface area contributed by atoms with Crippen molar-refractivity contribution in [3.8, 4) is 0 Å². The van der Waals surface area contributed by atoms with Crippen LogP contribution in [0.25, 0.3) is 0 Å². The van der Waals surface area contributed by atoms with Crippen LogP contribution in [-0.4, -0.2) is 44.8 Å². The third kappa shape index (κ3) is 2.94. The number of aliphatic carboxylic acids is 1. The van der Waals surface area contributed by atoms with Crippen molar-refractivity contribution in [1.29, 1.82) is 0 Å². The van der Waals surface area contributed by atoms with Gasteiger partial charge in [-0.05, 0) is 19.3 Å². The molecule has 104 valence electrons. The molecule has 0 aromatic carbocycles. The lowest BCUT2D eigenvalue weighted by molar-refractivity contribution is -0.143. The van der Waals surface area contributed by atoms with Gasteiger partial charge in [0, 0.05) is 25.8 Å². The number of hydrogen-bond donors (Lipinski definition) is 1. The zero-order valence-corrected chi connectivity index (χ0v) is 11.2. The van der Waals surface area contributed by atoms with Crippen molar-refractivity contribution in [1.82, 2.24) is 14.7 Å². The smallest absolute Gasteiger partial charge is 0.308 e. The molecule has 1 N–H and O–H groups in total. The molecule has 1 amide bonds. The molecule has 6 heteroatoms. The van der Waals surface area contributed by atoms with E-state index in [2.05, 4.69) is 5.10 Å². The Morgan fingerprint density at radius 3 is 2.79 bits per heavy atom. The first kappa shape index (κ1) is 13.6. The lowest BCUT2D eigenvalue weighted by atomic mass is 9.90. The van der Waals surface area contributed by atoms with Crippen molar-refractivity contribution in [3.63, 3.8) is 0 Å². The van der Waals surface area contributed by atoms with Crippen LogP contribution in [0.1, 0.15) is 30.6 Å². The first-order valence-electron chi connectivity index (χ1n) is 6.55. The summed E-state index contributed by atoms with van der Waals surface area (Å²) in [6.45, 7) is 5.53. The lowest BCUT2D eigenvalue weighted by Gasteiger charge is -2.34. The van der Waals surface area contributed by atoms with Crippen LogP contribution >= 0.6 is 0 Å². The maximum Gasteiger partial charge on any atom is 0.308 e. The Balaban J connectivity index is 2.11. The van der Waals surface area contributed by atoms with E-state index >= 15 is 0 Å². The van der Waals surface area contributed by atoms with E-state index in [9.17, 15) is 9.59 Å². The standard InChI is InChI=1S/C13H19N3O3/c1-3-16-8-11(5-14-16)12(17)15-6-9(2)4-10(7-15)13(18)19/h5,8-10H,3-4,6-7H2,1-2H3,(H,18,19). The molecule has 19 heavy (non-hydrogen) atoms. The summed E-state index contributed by atoms with van der Waals surface area (Å²) in [4.78, 5) is 25.1. The third-order valence-electron chi connectivity index (χ3n) is 3.50. The van der Waals surface area contributed by atoms with Gasteiger partial charge in [-0.2, -0.15) is 5.10 Å². The molecule has 2 rings (SSSR count). The second kappa shape index (κ2) is 5.42. The van der Waals surface area contributed by atoms with Gasteiger partial charge >= 0.3 is 5.97 Å². The molecule has 1 aliphatic rings. The highest BCUT2D eigenvalue weighted by molar-refractivity contribution is 5.94. The maximum atomic E-state index is 12.3. The summed E-state index contributed by atoms with van der Waals surface area (Å²) in [7, 11) is 0. The van der Waals surface area contributed by atoms with E-state index in [0.29, 0.717) is 25.1 Å². The number of carboxylic acids is 1. The summed E-state index contributed by atoms with van der Waals surface area (Å²) in [5.41, 5.74) is 0.528. The van der Waals surface area contributed by atoms with Crippen molar-refractivity contribution in [2.45, 2.75) is 26.8 Å². The van der Waals surface area contributed by atoms with Crippen LogP contribution in [0.4, 0.5) is 0 Å². The average molecular weight is 265 g/mol. The number of likely N-dealkylation sites (tertiary alicyclic amines) is 1. The molecule has 1 saturated heterocycles. The van der Waals surface area contributed by atoms with Crippen LogP contribution in [0.5, 0.6) is 0 Å². The van der Waals surface area contributed by atoms with Crippen LogP contribution in [0.15, 0.2) is 12.4 Å². The van der Waals surface area contributed by atoms with Crippen molar-refractivity contribution < 1.29 is 14.7 Å². The molecule has 2 atom stereocenters. The van der Waals surface area contributed by atoms with E-state index in [1.165, 1.54) is 0 Å². The Morgan fingerprint density at radius 1 is 1.47 bits per heavy atom. The Bertz CT molecular complexity index is 483. The van der Waals surface area contributed by atoms with Gasteiger partial charge in [0.15, 0.2) is 0 Å². The second-order valence-electron chi connectivity index (χ2n) is 5.17. The first-order valence-corrected chi connectivity index (χ1v) is 6.55. The number of carboxylic acid groups (broad SMARTS) is 1. The van der Waals surface area contributed by atoms with E-state index in [1.54, 1.807) is 22.0 Å². The Morgan fingerprint density at radius 2 is 2.21 bits per heavy atom. The Labute approximate surface area is 112 Å². The molecule has 6 nitrogen and oxygen atoms in total. The van der Waals surface area contributed by atoms with E-state index in [0.717, 1.165) is 0 Å². The maximum absolute atomic E-state index is 12.3. The number of aromatic nitrogens is 2. The van der Waals surface area contributed by atoms with Crippen LogP contribution < -0.4 is 0 Å². The summed E-state index contributed by atoms with van der Waals surface area (Å²) in [5.74, 6) is -1.21. The minimum Gasteiger partial charge on any atom is -0.481 e. The highest BCUT2D eigenvalue weighted by atomic mass is 16.4. The molecule has 0 spiro atoms. The van der Waals surface area contributed by atoms with Gasteiger partial charge in [0.05, 0.1) is 17.7 Å². The second-order valence-corrected chi connectivity index (χ2v) is 5.17. The molecular weight excluding hydrogens is 246 g/mol. The highest BCUT2D eigenvalue weighted by Gasteiger charge is 2.32. The molecule has 0 saturated carbocycles. The van der Waals surface area contributed by atoms with E-state index in [-0.39, 0.29) is 18.4 Å². The number of carbonyl (C=O) groups excluding carboxylic acids is 1. The normalized spacial score (nSPS) is 23.4. The van der Waals surface area contributed by atoms with E-state index in [4.69, 9.17) is 5.11 Å². The Hall–Kier alpha value is -1.85. The number of aryl methyl sites for hydroxylation is 1. The molecule has 1 aromatic heterocycles. The largest absolute Gasteiger partial charge is 0.481 e. The average Bonchev–Trinajstić information content (AvgIpc) is 2.85. The van der Waals surface area contributed by atoms with Crippen LogP contribution in [0, 0.1) is 11.8 Å². The molecule has 1 aromatic rings. The number of rotatable bonds is 3.